The zero-order valence-corrected chi connectivity index (χ0v) is 23.7. The monoisotopic (exact) mass is 616 g/mol. The third kappa shape index (κ3) is 10.6. The van der Waals surface area contributed by atoms with Crippen molar-refractivity contribution in [2.24, 2.45) is 0 Å². The Hall–Kier alpha value is -2.14. The summed E-state index contributed by atoms with van der Waals surface area (Å²) in [6.45, 7) is 1.81. The fourth-order valence-electron chi connectivity index (χ4n) is 3.61. The summed E-state index contributed by atoms with van der Waals surface area (Å²) < 4.78 is 43.4. The largest absolute Gasteiger partial charge is 0.726 e. The lowest BCUT2D eigenvalue weighted by Crippen LogP contribution is -2.32. The van der Waals surface area contributed by atoms with Crippen LogP contribution in [0.15, 0.2) is 85.5 Å². The van der Waals surface area contributed by atoms with Gasteiger partial charge < -0.3 is 9.29 Å². The molecule has 0 amide bonds. The molecule has 0 radical (unpaired) electrons. The summed E-state index contributed by atoms with van der Waals surface area (Å²) >= 11 is 25.0. The van der Waals surface area contributed by atoms with E-state index < -0.39 is 10.4 Å². The standard InChI is InChI=1S/C26H23Cl4N2O.H2O4S/c27-21-7-6-20(24(29)14-21)17-33-26(23-9-8-22(28)15-25(23)30)16-32-13-12-31(18-32)11-10-19-4-2-1-3-5-19;1-5(2,3)4/h1-9,12-15,18,26H,10-11,16-17H2;(H2,1,2,3,4)/q+1;/p-1. The number of aryl methyl sites for hydroxylation is 2. The van der Waals surface area contributed by atoms with Crippen molar-refractivity contribution in [2.75, 3.05) is 0 Å². The summed E-state index contributed by atoms with van der Waals surface area (Å²) in [5.74, 6) is 0. The highest BCUT2D eigenvalue weighted by Gasteiger charge is 2.20. The molecule has 202 valence electrons. The highest BCUT2D eigenvalue weighted by atomic mass is 35.5. The van der Waals surface area contributed by atoms with Gasteiger partial charge in [-0.05, 0) is 35.4 Å². The van der Waals surface area contributed by atoms with Crippen molar-refractivity contribution in [3.05, 3.63) is 122 Å². The Balaban J connectivity index is 0.000000732. The van der Waals surface area contributed by atoms with Gasteiger partial charge >= 0.3 is 0 Å². The molecule has 1 aromatic heterocycles. The fraction of sp³-hybridized carbons (Fsp3) is 0.192. The van der Waals surface area contributed by atoms with E-state index in [1.165, 1.54) is 5.56 Å². The van der Waals surface area contributed by atoms with Crippen molar-refractivity contribution in [3.8, 4) is 0 Å². The highest BCUT2D eigenvalue weighted by Crippen LogP contribution is 2.31. The molecule has 1 heterocycles. The zero-order chi connectivity index (χ0) is 27.7. The minimum Gasteiger partial charge on any atom is -0.726 e. The molecule has 4 rings (SSSR count). The van der Waals surface area contributed by atoms with Gasteiger partial charge in [0, 0.05) is 32.1 Å². The van der Waals surface area contributed by atoms with Crippen LogP contribution in [0.3, 0.4) is 0 Å². The predicted octanol–water partition coefficient (Wildman–Crippen LogP) is 6.59. The summed E-state index contributed by atoms with van der Waals surface area (Å²) in [4.78, 5) is 0. The number of ether oxygens (including phenoxy) is 1. The van der Waals surface area contributed by atoms with Crippen LogP contribution >= 0.6 is 46.4 Å². The molecular weight excluding hydrogens is 594 g/mol. The Kier molecular flexibility index (Phi) is 11.4. The first-order valence-corrected chi connectivity index (χ1v) is 14.1. The van der Waals surface area contributed by atoms with E-state index in [4.69, 9.17) is 68.7 Å². The van der Waals surface area contributed by atoms with Gasteiger partial charge in [0.1, 0.15) is 25.0 Å². The topological polar surface area (TPSA) is 95.5 Å². The van der Waals surface area contributed by atoms with E-state index >= 15 is 0 Å². The molecule has 0 fully saturated rings. The molecule has 0 bridgehead atoms. The van der Waals surface area contributed by atoms with E-state index in [0.29, 0.717) is 33.2 Å². The van der Waals surface area contributed by atoms with Gasteiger partial charge in [-0.15, -0.1) is 0 Å². The van der Waals surface area contributed by atoms with Crippen molar-refractivity contribution in [1.29, 1.82) is 0 Å². The van der Waals surface area contributed by atoms with Gasteiger partial charge in [0.15, 0.2) is 0 Å². The number of imidazole rings is 1. The third-order valence-electron chi connectivity index (χ3n) is 5.39. The quantitative estimate of drug-likeness (QED) is 0.130. The van der Waals surface area contributed by atoms with Crippen LogP contribution in [-0.2, 0) is 41.3 Å². The molecule has 12 heteroatoms. The second-order valence-corrected chi connectivity index (χ2v) is 10.8. The van der Waals surface area contributed by atoms with Gasteiger partial charge in [-0.3, -0.25) is 4.55 Å². The Labute approximate surface area is 241 Å². The minimum absolute atomic E-state index is 0.295. The van der Waals surface area contributed by atoms with E-state index in [-0.39, 0.29) is 6.10 Å². The van der Waals surface area contributed by atoms with Crippen molar-refractivity contribution >= 4 is 56.8 Å². The minimum atomic E-state index is -4.92. The summed E-state index contributed by atoms with van der Waals surface area (Å²) in [7, 11) is -4.92. The number of benzene rings is 3. The Morgan fingerprint density at radius 3 is 2.21 bits per heavy atom. The molecule has 0 spiro atoms. The number of hydrogen-bond acceptors (Lipinski definition) is 4. The summed E-state index contributed by atoms with van der Waals surface area (Å²) in [6.07, 6.45) is 6.86. The van der Waals surface area contributed by atoms with Crippen LogP contribution in [0, 0.1) is 0 Å². The maximum Gasteiger partial charge on any atom is 0.243 e. The lowest BCUT2D eigenvalue weighted by atomic mass is 10.1. The van der Waals surface area contributed by atoms with Crippen LogP contribution in [0.2, 0.25) is 20.1 Å². The predicted molar refractivity (Wildman–Crippen MR) is 148 cm³/mol. The van der Waals surface area contributed by atoms with Gasteiger partial charge in [-0.1, -0.05) is 88.9 Å². The second kappa shape index (κ2) is 14.3. The van der Waals surface area contributed by atoms with Crippen molar-refractivity contribution in [2.45, 2.75) is 32.2 Å². The lowest BCUT2D eigenvalue weighted by Gasteiger charge is -2.19. The number of hydrogen-bond donors (Lipinski definition) is 1. The molecule has 0 aliphatic carbocycles. The molecule has 1 atom stereocenters. The Morgan fingerprint density at radius 1 is 0.947 bits per heavy atom. The van der Waals surface area contributed by atoms with Crippen LogP contribution < -0.4 is 4.57 Å². The first kappa shape index (κ1) is 30.4. The van der Waals surface area contributed by atoms with Crippen molar-refractivity contribution in [1.82, 2.24) is 4.57 Å². The summed E-state index contributed by atoms with van der Waals surface area (Å²) in [5.41, 5.74) is 3.05. The maximum atomic E-state index is 8.63. The Morgan fingerprint density at radius 2 is 1.58 bits per heavy atom. The summed E-state index contributed by atoms with van der Waals surface area (Å²) in [5, 5.41) is 2.32. The first-order chi connectivity index (χ1) is 18.0. The first-order valence-electron chi connectivity index (χ1n) is 11.3. The number of rotatable bonds is 9. The molecule has 38 heavy (non-hydrogen) atoms. The second-order valence-electron chi connectivity index (χ2n) is 8.21. The molecule has 0 saturated carbocycles. The molecule has 1 N–H and O–H groups in total. The lowest BCUT2D eigenvalue weighted by molar-refractivity contribution is -0.696. The van der Waals surface area contributed by atoms with E-state index in [1.54, 1.807) is 18.2 Å². The van der Waals surface area contributed by atoms with Gasteiger partial charge in [-0.2, -0.15) is 0 Å². The van der Waals surface area contributed by atoms with E-state index in [2.05, 4.69) is 45.9 Å². The molecule has 3 aromatic carbocycles. The molecule has 0 aliphatic heterocycles. The van der Waals surface area contributed by atoms with Crippen LogP contribution in [0.1, 0.15) is 22.8 Å². The number of nitrogens with zero attached hydrogens (tertiary/aromatic N) is 2. The van der Waals surface area contributed by atoms with E-state index in [1.807, 2.05) is 30.5 Å². The van der Waals surface area contributed by atoms with E-state index in [9.17, 15) is 0 Å². The molecule has 0 aliphatic rings. The number of halogens is 4. The zero-order valence-electron chi connectivity index (χ0n) is 19.9. The van der Waals surface area contributed by atoms with Crippen LogP contribution in [-0.4, -0.2) is 22.1 Å². The molecule has 4 aromatic rings. The summed E-state index contributed by atoms with van der Waals surface area (Å²) in [6, 6.07) is 21.3. The molecular formula is C26H24Cl4N2O5S. The van der Waals surface area contributed by atoms with Gasteiger partial charge in [0.2, 0.25) is 16.7 Å². The van der Waals surface area contributed by atoms with Crippen LogP contribution in [0.25, 0.3) is 0 Å². The Bertz CT molecular complexity index is 1440. The normalized spacial score (nSPS) is 12.1. The smallest absolute Gasteiger partial charge is 0.243 e. The molecule has 1 unspecified atom stereocenters. The van der Waals surface area contributed by atoms with Gasteiger partial charge in [-0.25, -0.2) is 17.6 Å². The maximum absolute atomic E-state index is 8.63. The van der Waals surface area contributed by atoms with Gasteiger partial charge in [0.05, 0.1) is 13.2 Å². The molecule has 0 saturated heterocycles. The fourth-order valence-corrected chi connectivity index (χ4v) is 4.60. The third-order valence-corrected chi connectivity index (χ3v) is 6.54. The van der Waals surface area contributed by atoms with Crippen LogP contribution in [0.4, 0.5) is 0 Å². The van der Waals surface area contributed by atoms with Crippen molar-refractivity contribution in [3.63, 3.8) is 0 Å². The average molecular weight is 618 g/mol. The highest BCUT2D eigenvalue weighted by molar-refractivity contribution is 7.79. The molecule has 7 nitrogen and oxygen atoms in total. The number of aromatic nitrogens is 2. The SMILES string of the molecule is Clc1ccc(COC(Cn2cc[n+](CCc3ccccc3)c2)c2ccc(Cl)cc2Cl)c(Cl)c1.O=S(=O)([O-])O. The van der Waals surface area contributed by atoms with Crippen LogP contribution in [0.5, 0.6) is 0 Å². The van der Waals surface area contributed by atoms with Crippen molar-refractivity contribution < 1.29 is 26.8 Å². The van der Waals surface area contributed by atoms with Gasteiger partial charge in [0.25, 0.3) is 0 Å². The van der Waals surface area contributed by atoms with E-state index in [0.717, 1.165) is 24.1 Å². The average Bonchev–Trinajstić information content (AvgIpc) is 3.28.